The highest BCUT2D eigenvalue weighted by molar-refractivity contribution is 7.22. The molecule has 0 saturated carbocycles. The van der Waals surface area contributed by atoms with Crippen LogP contribution < -0.4 is 9.75 Å². The molecule has 0 aliphatic rings. The Balaban J connectivity index is 1.68. The fourth-order valence-electron chi connectivity index (χ4n) is 2.61. The van der Waals surface area contributed by atoms with Crippen molar-refractivity contribution in [2.24, 2.45) is 5.10 Å². The number of thiazole rings is 1. The van der Waals surface area contributed by atoms with E-state index in [-0.39, 0.29) is 11.6 Å². The number of carbonyl (C=O) groups is 1. The molecule has 0 spiro atoms. The number of hydrogen-bond donors (Lipinski definition) is 0. The van der Waals surface area contributed by atoms with E-state index in [1.807, 2.05) is 31.2 Å². The molecule has 6 nitrogen and oxygen atoms in total. The Labute approximate surface area is 169 Å². The lowest BCUT2D eigenvalue weighted by Crippen LogP contribution is -2.25. The van der Waals surface area contributed by atoms with Gasteiger partial charge in [-0.15, -0.1) is 0 Å². The number of ether oxygens (including phenoxy) is 1. The minimum absolute atomic E-state index is 0.124. The molecule has 0 N–H and O–H groups in total. The van der Waals surface area contributed by atoms with Crippen LogP contribution in [0.25, 0.3) is 10.2 Å². The third kappa shape index (κ3) is 4.17. The summed E-state index contributed by atoms with van der Waals surface area (Å²) in [5.41, 5.74) is 1.36. The van der Waals surface area contributed by atoms with E-state index in [0.717, 1.165) is 16.3 Å². The Kier molecular flexibility index (Phi) is 5.35. The number of amides is 1. The number of carbonyl (C=O) groups excluding carboxylic acids is 1. The van der Waals surface area contributed by atoms with Crippen molar-refractivity contribution in [1.82, 2.24) is 4.98 Å². The van der Waals surface area contributed by atoms with Gasteiger partial charge in [-0.3, -0.25) is 4.79 Å². The number of anilines is 1. The number of benzene rings is 2. The van der Waals surface area contributed by atoms with E-state index < -0.39 is 5.91 Å². The first-order valence-corrected chi connectivity index (χ1v) is 9.66. The minimum atomic E-state index is -0.475. The smallest absolute Gasteiger partial charge is 0.316 e. The van der Waals surface area contributed by atoms with Gasteiger partial charge in [0.15, 0.2) is 5.76 Å². The van der Waals surface area contributed by atoms with Crippen molar-refractivity contribution >= 4 is 38.8 Å². The van der Waals surface area contributed by atoms with E-state index in [4.69, 9.17) is 9.15 Å². The van der Waals surface area contributed by atoms with Crippen molar-refractivity contribution in [2.75, 3.05) is 11.6 Å². The monoisotopic (exact) mass is 409 g/mol. The number of nitrogens with zero attached hydrogens (tertiary/aromatic N) is 3. The second-order valence-electron chi connectivity index (χ2n) is 5.95. The van der Waals surface area contributed by atoms with Gasteiger partial charge < -0.3 is 9.15 Å². The van der Waals surface area contributed by atoms with Gasteiger partial charge in [0.1, 0.15) is 11.6 Å². The highest BCUT2D eigenvalue weighted by Gasteiger charge is 2.23. The minimum Gasteiger partial charge on any atom is -0.494 e. The number of rotatable bonds is 6. The van der Waals surface area contributed by atoms with Crippen molar-refractivity contribution in [3.8, 4) is 5.75 Å². The molecule has 0 fully saturated rings. The maximum atomic E-state index is 13.5. The van der Waals surface area contributed by atoms with E-state index in [2.05, 4.69) is 10.1 Å². The summed E-state index contributed by atoms with van der Waals surface area (Å²) >= 11 is 1.17. The number of hydrogen-bond acceptors (Lipinski definition) is 6. The Bertz CT molecular complexity index is 1150. The van der Waals surface area contributed by atoms with Crippen LogP contribution in [0.15, 0.2) is 70.4 Å². The molecular weight excluding hydrogens is 393 g/mol. The maximum absolute atomic E-state index is 13.5. The van der Waals surface area contributed by atoms with Crippen molar-refractivity contribution in [2.45, 2.75) is 6.92 Å². The molecule has 8 heteroatoms. The van der Waals surface area contributed by atoms with Gasteiger partial charge >= 0.3 is 5.91 Å². The van der Waals surface area contributed by atoms with Crippen molar-refractivity contribution in [3.63, 3.8) is 0 Å². The first-order chi connectivity index (χ1) is 14.1. The van der Waals surface area contributed by atoms with Crippen molar-refractivity contribution in [3.05, 3.63) is 78.0 Å². The molecule has 0 radical (unpaired) electrons. The summed E-state index contributed by atoms with van der Waals surface area (Å²) in [5.74, 6) is 0.0341. The predicted octanol–water partition coefficient (Wildman–Crippen LogP) is 5.11. The topological polar surface area (TPSA) is 67.9 Å². The summed E-state index contributed by atoms with van der Waals surface area (Å²) in [7, 11) is 0. The number of fused-ring (bicyclic) bond motifs is 1. The first kappa shape index (κ1) is 18.8. The van der Waals surface area contributed by atoms with E-state index >= 15 is 0 Å². The van der Waals surface area contributed by atoms with E-state index in [1.54, 1.807) is 24.4 Å². The van der Waals surface area contributed by atoms with Gasteiger partial charge in [0, 0.05) is 0 Å². The van der Waals surface area contributed by atoms with Crippen LogP contribution in [-0.4, -0.2) is 23.7 Å². The molecule has 29 heavy (non-hydrogen) atoms. The summed E-state index contributed by atoms with van der Waals surface area (Å²) in [5, 5.41) is 5.79. The average molecular weight is 409 g/mol. The molecule has 2 aromatic heterocycles. The van der Waals surface area contributed by atoms with Crippen LogP contribution in [0.4, 0.5) is 9.52 Å². The summed E-state index contributed by atoms with van der Waals surface area (Å²) in [6.07, 6.45) is 2.96. The van der Waals surface area contributed by atoms with Gasteiger partial charge in [0.25, 0.3) is 0 Å². The Morgan fingerprint density at radius 3 is 2.83 bits per heavy atom. The maximum Gasteiger partial charge on any atom is 0.316 e. The molecule has 146 valence electrons. The van der Waals surface area contributed by atoms with Crippen molar-refractivity contribution in [1.29, 1.82) is 0 Å². The molecule has 0 saturated heterocycles. The third-order valence-corrected chi connectivity index (χ3v) is 4.95. The quantitative estimate of drug-likeness (QED) is 0.328. The van der Waals surface area contributed by atoms with Crippen molar-refractivity contribution < 1.29 is 18.3 Å². The van der Waals surface area contributed by atoms with Gasteiger partial charge in [-0.1, -0.05) is 11.3 Å². The normalized spacial score (nSPS) is 11.2. The van der Waals surface area contributed by atoms with Crippen LogP contribution in [-0.2, 0) is 0 Å². The molecule has 0 aliphatic heterocycles. The zero-order chi connectivity index (χ0) is 20.2. The number of furan rings is 1. The number of hydrazone groups is 1. The lowest BCUT2D eigenvalue weighted by Gasteiger charge is -2.12. The molecule has 2 aromatic carbocycles. The molecule has 4 rings (SSSR count). The van der Waals surface area contributed by atoms with E-state index in [1.165, 1.54) is 29.7 Å². The summed E-state index contributed by atoms with van der Waals surface area (Å²) < 4.78 is 24.8. The Hall–Kier alpha value is -3.52. The fourth-order valence-corrected chi connectivity index (χ4v) is 3.56. The molecule has 1 amide bonds. The number of halogens is 1. The molecular formula is C21H16FN3O3S. The fraction of sp³-hybridized carbons (Fsp3) is 0.0952. The summed E-state index contributed by atoms with van der Waals surface area (Å²) in [6.45, 7) is 2.49. The highest BCUT2D eigenvalue weighted by atomic mass is 32.1. The van der Waals surface area contributed by atoms with Gasteiger partial charge in [-0.05, 0) is 67.1 Å². The molecule has 4 aromatic rings. The Morgan fingerprint density at radius 2 is 2.10 bits per heavy atom. The molecule has 0 unspecified atom stereocenters. The van der Waals surface area contributed by atoms with Gasteiger partial charge in [0.05, 0.1) is 29.3 Å². The van der Waals surface area contributed by atoms with Gasteiger partial charge in [-0.25, -0.2) is 9.37 Å². The lowest BCUT2D eigenvalue weighted by atomic mass is 10.2. The predicted molar refractivity (Wildman–Crippen MR) is 110 cm³/mol. The van der Waals surface area contributed by atoms with Crippen LogP contribution in [0.2, 0.25) is 0 Å². The summed E-state index contributed by atoms with van der Waals surface area (Å²) in [4.78, 5) is 17.3. The standard InChI is InChI=1S/C21H16FN3O3S/c1-2-27-16-8-5-14(6-9-16)13-23-25(20(26)18-4-3-11-28-18)21-24-17-10-7-15(22)12-19(17)29-21/h3-13H,2H2,1H3/b23-13+. The molecule has 2 heterocycles. The van der Waals surface area contributed by atoms with Crippen LogP contribution >= 0.6 is 11.3 Å². The average Bonchev–Trinajstić information content (AvgIpc) is 3.39. The molecule has 0 aliphatic carbocycles. The second-order valence-corrected chi connectivity index (χ2v) is 6.96. The highest BCUT2D eigenvalue weighted by Crippen LogP contribution is 2.30. The largest absolute Gasteiger partial charge is 0.494 e. The number of aromatic nitrogens is 1. The van der Waals surface area contributed by atoms with Gasteiger partial charge in [0.2, 0.25) is 5.13 Å². The van der Waals surface area contributed by atoms with Crippen LogP contribution in [0, 0.1) is 5.82 Å². The SMILES string of the molecule is CCOc1ccc(/C=N/N(C(=O)c2ccco2)c2nc3ccc(F)cc3s2)cc1. The van der Waals surface area contributed by atoms with E-state index in [9.17, 15) is 9.18 Å². The van der Waals surface area contributed by atoms with Crippen LogP contribution in [0.1, 0.15) is 23.0 Å². The zero-order valence-electron chi connectivity index (χ0n) is 15.4. The Morgan fingerprint density at radius 1 is 1.28 bits per heavy atom. The summed E-state index contributed by atoms with van der Waals surface area (Å²) in [6, 6.07) is 14.7. The van der Waals surface area contributed by atoms with Crippen LogP contribution in [0.3, 0.4) is 0 Å². The third-order valence-electron chi connectivity index (χ3n) is 3.96. The van der Waals surface area contributed by atoms with Gasteiger partial charge in [-0.2, -0.15) is 10.1 Å². The molecule has 0 bridgehead atoms. The zero-order valence-corrected chi connectivity index (χ0v) is 16.2. The second kappa shape index (κ2) is 8.24. The molecule has 0 atom stereocenters. The first-order valence-electron chi connectivity index (χ1n) is 8.85. The van der Waals surface area contributed by atoms with E-state index in [0.29, 0.717) is 22.0 Å². The van der Waals surface area contributed by atoms with Crippen LogP contribution in [0.5, 0.6) is 5.75 Å². The lowest BCUT2D eigenvalue weighted by molar-refractivity contribution is 0.0961.